The lowest BCUT2D eigenvalue weighted by Gasteiger charge is -2.01. The summed E-state index contributed by atoms with van der Waals surface area (Å²) >= 11 is 9.36. The van der Waals surface area contributed by atoms with Crippen molar-refractivity contribution in [2.75, 3.05) is 0 Å². The molecule has 9 rings (SSSR count). The Kier molecular flexibility index (Phi) is 5.68. The molecule has 7 heteroatoms. The summed E-state index contributed by atoms with van der Waals surface area (Å²) in [6, 6.07) is 34.3. The van der Waals surface area contributed by atoms with Crippen molar-refractivity contribution in [2.24, 2.45) is 0 Å². The molecule has 0 radical (unpaired) electrons. The molecule has 8 bridgehead atoms. The van der Waals surface area contributed by atoms with Crippen LogP contribution in [-0.2, 0) is 0 Å². The Labute approximate surface area is 266 Å². The molecular formula is C37H25N4PS2. The Hall–Kier alpha value is -4.35. The molecule has 1 unspecified atom stereocenters. The molecule has 0 saturated carbocycles. The number of hydrogen-bond acceptors (Lipinski definition) is 4. The minimum Gasteiger partial charge on any atom is -0.354 e. The third kappa shape index (κ3) is 4.06. The monoisotopic (exact) mass is 620 g/mol. The van der Waals surface area contributed by atoms with Gasteiger partial charge in [0.05, 0.1) is 22.8 Å². The summed E-state index contributed by atoms with van der Waals surface area (Å²) in [5.41, 5.74) is 13.2. The van der Waals surface area contributed by atoms with Gasteiger partial charge in [-0.1, -0.05) is 42.0 Å². The van der Waals surface area contributed by atoms with Crippen LogP contribution in [0.4, 0.5) is 0 Å². The van der Waals surface area contributed by atoms with Crippen molar-refractivity contribution in [3.05, 3.63) is 103 Å². The number of thiol groups is 2. The molecule has 2 aliphatic heterocycles. The summed E-state index contributed by atoms with van der Waals surface area (Å²) in [5, 5.41) is 5.60. The van der Waals surface area contributed by atoms with Gasteiger partial charge in [0.25, 0.3) is 0 Å². The fourth-order valence-corrected chi connectivity index (χ4v) is 7.24. The molecule has 1 atom stereocenters. The summed E-state index contributed by atoms with van der Waals surface area (Å²) in [4.78, 5) is 19.7. The number of aryl methyl sites for hydroxylation is 1. The number of hydrogen-bond donors (Lipinski definition) is 4. The molecule has 4 nitrogen and oxygen atoms in total. The molecule has 0 amide bonds. The largest absolute Gasteiger partial charge is 0.354 e. The zero-order chi connectivity index (χ0) is 29.7. The molecule has 0 fully saturated rings. The molecule has 4 aromatic carbocycles. The number of nitrogens with one attached hydrogen (secondary N) is 2. The topological polar surface area (TPSA) is 57.4 Å². The van der Waals surface area contributed by atoms with Crippen molar-refractivity contribution in [3.63, 3.8) is 0 Å². The van der Waals surface area contributed by atoms with E-state index in [1.165, 1.54) is 5.56 Å². The Morgan fingerprint density at radius 2 is 0.955 bits per heavy atom. The van der Waals surface area contributed by atoms with E-state index in [2.05, 4.69) is 136 Å². The van der Waals surface area contributed by atoms with Gasteiger partial charge in [-0.3, -0.25) is 0 Å². The Morgan fingerprint density at radius 3 is 1.61 bits per heavy atom. The van der Waals surface area contributed by atoms with Gasteiger partial charge in [0, 0.05) is 75.7 Å². The van der Waals surface area contributed by atoms with Gasteiger partial charge in [0.15, 0.2) is 0 Å². The number of H-pyrrole nitrogens is 2. The van der Waals surface area contributed by atoms with Crippen LogP contribution < -0.4 is 5.30 Å². The lowest BCUT2D eigenvalue weighted by molar-refractivity contribution is 1.40. The van der Waals surface area contributed by atoms with Gasteiger partial charge < -0.3 is 9.97 Å². The highest BCUT2D eigenvalue weighted by Crippen LogP contribution is 2.41. The van der Waals surface area contributed by atoms with E-state index in [0.717, 1.165) is 104 Å². The summed E-state index contributed by atoms with van der Waals surface area (Å²) in [6.45, 7) is 2.13. The maximum absolute atomic E-state index is 5.23. The standard InChI is InChI=1S/C37H25N4PS2/c1-18-2-6-22-26(10-18)34-17-35-27-11-19(42)3-7-23(27)32(39-35)15-36-29-13-21(44)5-9-25(29)33(41-36)16-37-28-12-20(43)4-8-24(28)31(40-37)14-30(22)38-34/h2-17,39-40,43-44H,42H2,1H3. The maximum Gasteiger partial charge on any atom is 0.0737 e. The number of nitrogens with zero attached hydrogens (tertiary/aromatic N) is 2. The van der Waals surface area contributed by atoms with Gasteiger partial charge >= 0.3 is 0 Å². The van der Waals surface area contributed by atoms with E-state index in [0.29, 0.717) is 0 Å². The molecule has 0 spiro atoms. The SMILES string of the molecule is Cc1ccc2c(c1)-c1cc3[nH]c(cc4nc(cc5[nH]c(cc-2n1)c1ccc(S)cc51)-c1ccc(S)cc1-4)c1ccc(P)cc31. The van der Waals surface area contributed by atoms with Crippen LogP contribution >= 0.6 is 34.5 Å². The number of aromatic nitrogens is 4. The predicted molar refractivity (Wildman–Crippen MR) is 193 cm³/mol. The fourth-order valence-electron chi connectivity index (χ4n) is 6.57. The number of rotatable bonds is 0. The highest BCUT2D eigenvalue weighted by atomic mass is 32.1. The van der Waals surface area contributed by atoms with E-state index in [9.17, 15) is 0 Å². The molecule has 0 saturated heterocycles. The van der Waals surface area contributed by atoms with Crippen LogP contribution in [0.15, 0.2) is 107 Å². The third-order valence-corrected chi connectivity index (χ3v) is 9.55. The lowest BCUT2D eigenvalue weighted by atomic mass is 10.0. The van der Waals surface area contributed by atoms with E-state index >= 15 is 0 Å². The van der Waals surface area contributed by atoms with Crippen molar-refractivity contribution < 1.29 is 0 Å². The van der Waals surface area contributed by atoms with Gasteiger partial charge in [-0.05, 0) is 72.9 Å². The Morgan fingerprint density at radius 1 is 0.477 bits per heavy atom. The predicted octanol–water partition coefficient (Wildman–Crippen LogP) is 9.68. The quantitative estimate of drug-likeness (QED) is 0.101. The molecule has 0 aliphatic carbocycles. The molecular weight excluding hydrogens is 596 g/mol. The third-order valence-electron chi connectivity index (χ3n) is 8.63. The second-order valence-electron chi connectivity index (χ2n) is 11.6. The normalized spacial score (nSPS) is 12.1. The van der Waals surface area contributed by atoms with Crippen molar-refractivity contribution in [3.8, 4) is 45.0 Å². The van der Waals surface area contributed by atoms with E-state index < -0.39 is 0 Å². The maximum atomic E-state index is 5.23. The molecule has 2 aliphatic rings. The Balaban J connectivity index is 1.51. The van der Waals surface area contributed by atoms with Gasteiger partial charge in [-0.15, -0.1) is 34.5 Å². The zero-order valence-electron chi connectivity index (χ0n) is 23.6. The number of fused-ring (bicyclic) bond motifs is 20. The zero-order valence-corrected chi connectivity index (χ0v) is 26.5. The van der Waals surface area contributed by atoms with Crippen molar-refractivity contribution in [2.45, 2.75) is 16.7 Å². The van der Waals surface area contributed by atoms with Crippen molar-refractivity contribution in [1.29, 1.82) is 0 Å². The van der Waals surface area contributed by atoms with Crippen LogP contribution in [0.3, 0.4) is 0 Å². The number of benzene rings is 4. The number of aromatic amines is 2. The van der Waals surface area contributed by atoms with Gasteiger partial charge in [0.1, 0.15) is 0 Å². The molecule has 7 aromatic rings. The highest BCUT2D eigenvalue weighted by Gasteiger charge is 2.20. The van der Waals surface area contributed by atoms with Gasteiger partial charge in [0.2, 0.25) is 0 Å². The first-order valence-electron chi connectivity index (χ1n) is 14.4. The summed E-state index contributed by atoms with van der Waals surface area (Å²) < 4.78 is 0. The molecule has 5 heterocycles. The fraction of sp³-hybridized carbons (Fsp3) is 0.0270. The average Bonchev–Trinajstić information content (AvgIpc) is 3.71. The first-order chi connectivity index (χ1) is 21.4. The van der Waals surface area contributed by atoms with Crippen LogP contribution in [0, 0.1) is 6.92 Å². The van der Waals surface area contributed by atoms with Crippen LogP contribution in [0.5, 0.6) is 0 Å². The van der Waals surface area contributed by atoms with E-state index in [1.54, 1.807) is 0 Å². The first kappa shape index (κ1) is 26.1. The van der Waals surface area contributed by atoms with Crippen LogP contribution in [0.25, 0.3) is 88.6 Å². The van der Waals surface area contributed by atoms with Gasteiger partial charge in [-0.25, -0.2) is 9.97 Å². The van der Waals surface area contributed by atoms with Gasteiger partial charge in [-0.2, -0.15) is 0 Å². The average molecular weight is 621 g/mol. The van der Waals surface area contributed by atoms with Crippen LogP contribution in [0.1, 0.15) is 5.56 Å². The molecule has 210 valence electrons. The van der Waals surface area contributed by atoms with Crippen molar-refractivity contribution >= 4 is 83.4 Å². The van der Waals surface area contributed by atoms with Crippen LogP contribution in [-0.4, -0.2) is 19.9 Å². The first-order valence-corrected chi connectivity index (χ1v) is 15.9. The lowest BCUT2D eigenvalue weighted by Crippen LogP contribution is -1.86. The minimum absolute atomic E-state index is 0.895. The van der Waals surface area contributed by atoms with Crippen LogP contribution in [0.2, 0.25) is 0 Å². The van der Waals surface area contributed by atoms with E-state index in [4.69, 9.17) is 9.97 Å². The van der Waals surface area contributed by atoms with E-state index in [1.807, 2.05) is 12.1 Å². The summed E-state index contributed by atoms with van der Waals surface area (Å²) in [6.07, 6.45) is 0. The minimum atomic E-state index is 0.895. The molecule has 3 aromatic heterocycles. The summed E-state index contributed by atoms with van der Waals surface area (Å²) in [5.74, 6) is 0. The van der Waals surface area contributed by atoms with E-state index in [-0.39, 0.29) is 0 Å². The molecule has 2 N–H and O–H groups in total. The smallest absolute Gasteiger partial charge is 0.0737 e. The Bertz CT molecular complexity index is 2560. The second-order valence-corrected chi connectivity index (χ2v) is 13.3. The van der Waals surface area contributed by atoms with Crippen molar-refractivity contribution in [1.82, 2.24) is 19.9 Å². The highest BCUT2D eigenvalue weighted by molar-refractivity contribution is 7.80. The molecule has 44 heavy (non-hydrogen) atoms. The summed E-state index contributed by atoms with van der Waals surface area (Å²) in [7, 11) is 2.83. The second kappa shape index (κ2) is 9.57.